The molecule has 16 nitrogen and oxygen atoms in total. The van der Waals surface area contributed by atoms with Crippen LogP contribution in [0.3, 0.4) is 0 Å². The lowest BCUT2D eigenvalue weighted by Crippen LogP contribution is -2.53. The Labute approximate surface area is 329 Å². The van der Waals surface area contributed by atoms with Gasteiger partial charge in [-0.05, 0) is 126 Å². The topological polar surface area (TPSA) is 202 Å². The molecule has 1 atom stereocenters. The van der Waals surface area contributed by atoms with Gasteiger partial charge in [-0.25, -0.2) is 14.4 Å². The average Bonchev–Trinajstić information content (AvgIpc) is 2.98. The van der Waals surface area contributed by atoms with Crippen LogP contribution in [-0.4, -0.2) is 77.9 Å². The molecule has 310 valence electrons. The van der Waals surface area contributed by atoms with Gasteiger partial charge in [-0.15, -0.1) is 0 Å². The Bertz CT molecular complexity index is 1900. The molecule has 2 aromatic carbocycles. The number of carbonyl (C=O) groups is 5. The number of nitrogens with zero attached hydrogens (tertiary/aromatic N) is 1. The molecule has 0 bridgehead atoms. The molecule has 0 saturated carbocycles. The minimum absolute atomic E-state index is 0.0197. The molecule has 0 aliphatic carbocycles. The third-order valence-electron chi connectivity index (χ3n) is 7.04. The highest BCUT2D eigenvalue weighted by molar-refractivity contribution is 7.87. The summed E-state index contributed by atoms with van der Waals surface area (Å²) < 4.78 is 64.2. The summed E-state index contributed by atoms with van der Waals surface area (Å²) in [6.45, 7) is 18.7. The van der Waals surface area contributed by atoms with Gasteiger partial charge in [0.15, 0.2) is 11.5 Å². The number of hydrogen-bond donors (Lipinski definition) is 2. The van der Waals surface area contributed by atoms with Gasteiger partial charge in [0.2, 0.25) is 0 Å². The molecule has 2 amide bonds. The van der Waals surface area contributed by atoms with Gasteiger partial charge in [0.05, 0.1) is 25.1 Å². The van der Waals surface area contributed by atoms with Crippen molar-refractivity contribution in [1.82, 2.24) is 9.03 Å². The van der Waals surface area contributed by atoms with Gasteiger partial charge in [0.25, 0.3) is 0 Å². The molecule has 0 saturated heterocycles. The van der Waals surface area contributed by atoms with Crippen molar-refractivity contribution in [2.24, 2.45) is 0 Å². The summed E-state index contributed by atoms with van der Waals surface area (Å²) in [6.07, 6.45) is -2.03. The number of nitrogens with one attached hydrogen (secondary N) is 2. The number of aryl methyl sites for hydroxylation is 1. The van der Waals surface area contributed by atoms with Crippen LogP contribution in [0.15, 0.2) is 36.4 Å². The quantitative estimate of drug-likeness (QED) is 0.156. The number of rotatable bonds is 9. The summed E-state index contributed by atoms with van der Waals surface area (Å²) in [6, 6.07) is 7.28. The third-order valence-corrected chi connectivity index (χ3v) is 8.49. The molecule has 0 fully saturated rings. The molecular weight excluding hydrogens is 751 g/mol. The summed E-state index contributed by atoms with van der Waals surface area (Å²) in [5.41, 5.74) is -2.59. The highest BCUT2D eigenvalue weighted by Crippen LogP contribution is 2.35. The fraction of sp³-hybridized carbons (Fsp3) is 0.564. The number of anilines is 1. The zero-order valence-corrected chi connectivity index (χ0v) is 35.1. The molecule has 56 heavy (non-hydrogen) atoms. The first-order valence-corrected chi connectivity index (χ1v) is 19.5. The van der Waals surface area contributed by atoms with Crippen LogP contribution in [0, 0.1) is 0 Å². The van der Waals surface area contributed by atoms with Crippen molar-refractivity contribution in [2.75, 3.05) is 11.9 Å². The van der Waals surface area contributed by atoms with Crippen LogP contribution in [0.4, 0.5) is 15.3 Å². The highest BCUT2D eigenvalue weighted by Gasteiger charge is 2.39. The summed E-state index contributed by atoms with van der Waals surface area (Å²) in [5, 5.41) is 2.66. The molecule has 1 heterocycles. The predicted octanol–water partition coefficient (Wildman–Crippen LogP) is 6.59. The van der Waals surface area contributed by atoms with Crippen LogP contribution in [0.1, 0.15) is 117 Å². The molecule has 0 aromatic heterocycles. The van der Waals surface area contributed by atoms with Crippen LogP contribution in [0.25, 0.3) is 0 Å². The van der Waals surface area contributed by atoms with E-state index in [1.807, 2.05) is 0 Å². The maximum absolute atomic E-state index is 14.1. The van der Waals surface area contributed by atoms with Crippen molar-refractivity contribution in [3.8, 4) is 11.5 Å². The second kappa shape index (κ2) is 17.5. The first-order valence-electron chi connectivity index (χ1n) is 18.1. The van der Waals surface area contributed by atoms with Gasteiger partial charge < -0.3 is 28.4 Å². The van der Waals surface area contributed by atoms with Gasteiger partial charge in [0, 0.05) is 11.3 Å². The monoisotopic (exact) mass is 805 g/mol. The molecule has 17 heteroatoms. The second-order valence-electron chi connectivity index (χ2n) is 17.1. The number of carbonyl (C=O) groups excluding carboxylic acids is 5. The Hall–Kier alpha value is -4.90. The second-order valence-corrected chi connectivity index (χ2v) is 18.7. The first-order chi connectivity index (χ1) is 25.5. The summed E-state index contributed by atoms with van der Waals surface area (Å²) >= 11 is 0. The van der Waals surface area contributed by atoms with E-state index in [9.17, 15) is 32.4 Å². The number of esters is 3. The minimum atomic E-state index is -5.01. The van der Waals surface area contributed by atoms with E-state index < -0.39 is 81.7 Å². The van der Waals surface area contributed by atoms with Crippen LogP contribution in [0.5, 0.6) is 11.5 Å². The molecule has 2 aromatic rings. The highest BCUT2D eigenvalue weighted by atomic mass is 32.2. The SMILES string of the molecule is CC(C)(C)OC(=O)CC(NS(=O)(=O)N(Cc1cccc2c1OCCCc1cc(NC(=O)OC(C)(C)C)ccc1C(=O)O2)C(=O)OC(C)(C)C)C(=O)OC(C)(C)C. The molecule has 1 unspecified atom stereocenters. The maximum atomic E-state index is 14.1. The average molecular weight is 806 g/mol. The van der Waals surface area contributed by atoms with Crippen LogP contribution >= 0.6 is 0 Å². The molecular formula is C39H55N3O13S. The molecule has 2 N–H and O–H groups in total. The van der Waals surface area contributed by atoms with E-state index in [2.05, 4.69) is 10.0 Å². The van der Waals surface area contributed by atoms with Gasteiger partial charge in [-0.1, -0.05) is 12.1 Å². The van der Waals surface area contributed by atoms with Crippen molar-refractivity contribution < 1.29 is 60.8 Å². The van der Waals surface area contributed by atoms with Crippen molar-refractivity contribution >= 4 is 46.0 Å². The Kier molecular flexibility index (Phi) is 14.2. The molecule has 3 rings (SSSR count). The van der Waals surface area contributed by atoms with E-state index in [0.717, 1.165) is 0 Å². The minimum Gasteiger partial charge on any atom is -0.489 e. The molecule has 1 aliphatic heterocycles. The number of ether oxygens (including phenoxy) is 6. The number of amides is 2. The molecule has 1 aliphatic rings. The Morgan fingerprint density at radius 2 is 1.43 bits per heavy atom. The van der Waals surface area contributed by atoms with Crippen molar-refractivity contribution in [3.63, 3.8) is 0 Å². The lowest BCUT2D eigenvalue weighted by molar-refractivity contribution is -0.164. The Morgan fingerprint density at radius 1 is 0.821 bits per heavy atom. The normalized spacial score (nSPS) is 14.4. The lowest BCUT2D eigenvalue weighted by Gasteiger charge is -2.30. The van der Waals surface area contributed by atoms with E-state index in [1.54, 1.807) is 68.4 Å². The largest absolute Gasteiger partial charge is 0.489 e. The van der Waals surface area contributed by atoms with Crippen LogP contribution in [-0.2, 0) is 51.7 Å². The van der Waals surface area contributed by atoms with E-state index in [4.69, 9.17) is 28.4 Å². The summed E-state index contributed by atoms with van der Waals surface area (Å²) in [5.74, 6) is -2.83. The fourth-order valence-corrected chi connectivity index (χ4v) is 6.28. The predicted molar refractivity (Wildman–Crippen MR) is 205 cm³/mol. The fourth-order valence-electron chi connectivity index (χ4n) is 5.08. The smallest absolute Gasteiger partial charge is 0.425 e. The van der Waals surface area contributed by atoms with Gasteiger partial charge in [-0.2, -0.15) is 17.4 Å². The van der Waals surface area contributed by atoms with Crippen molar-refractivity contribution in [3.05, 3.63) is 53.1 Å². The van der Waals surface area contributed by atoms with Crippen molar-refractivity contribution in [1.29, 1.82) is 0 Å². The van der Waals surface area contributed by atoms with E-state index in [0.29, 0.717) is 28.4 Å². The summed E-state index contributed by atoms with van der Waals surface area (Å²) in [7, 11) is -5.01. The van der Waals surface area contributed by atoms with Gasteiger partial charge >= 0.3 is 40.3 Å². The zero-order valence-electron chi connectivity index (χ0n) is 34.2. The van der Waals surface area contributed by atoms with Crippen molar-refractivity contribution in [2.45, 2.75) is 137 Å². The summed E-state index contributed by atoms with van der Waals surface area (Å²) in [4.78, 5) is 65.7. The van der Waals surface area contributed by atoms with E-state index >= 15 is 0 Å². The number of benzene rings is 2. The number of hydrogen-bond acceptors (Lipinski definition) is 13. The molecule has 0 radical (unpaired) electrons. The number of fused-ring (bicyclic) bond motifs is 2. The lowest BCUT2D eigenvalue weighted by atomic mass is 10.0. The van der Waals surface area contributed by atoms with Crippen LogP contribution < -0.4 is 19.5 Å². The molecule has 0 spiro atoms. The van der Waals surface area contributed by atoms with E-state index in [1.165, 1.54) is 51.1 Å². The number of para-hydroxylation sites is 1. The standard InChI is InChI=1S/C39H55N3O13S/c1-36(2,3)52-30(43)22-28(33(45)53-37(4,5)6)41-56(48,49)42(35(47)55-39(10,11)12)23-25-15-13-17-29-31(25)50-20-14-16-24-21-26(18-19-27(24)32(44)51-29)40-34(46)54-38(7,8)9/h13,15,17-19,21,28,41H,14,16,20,22-23H2,1-12H3,(H,40,46). The van der Waals surface area contributed by atoms with Gasteiger partial charge in [0.1, 0.15) is 28.4 Å². The Balaban J connectivity index is 2.01. The van der Waals surface area contributed by atoms with Crippen LogP contribution in [0.2, 0.25) is 0 Å². The van der Waals surface area contributed by atoms with E-state index in [-0.39, 0.29) is 29.2 Å². The zero-order chi connectivity index (χ0) is 42.4. The first kappa shape index (κ1) is 45.5. The Morgan fingerprint density at radius 3 is 2.02 bits per heavy atom. The van der Waals surface area contributed by atoms with Gasteiger partial charge in [-0.3, -0.25) is 14.9 Å². The third kappa shape index (κ3) is 14.6. The maximum Gasteiger partial charge on any atom is 0.425 e.